The van der Waals surface area contributed by atoms with E-state index in [1.807, 2.05) is 0 Å². The number of aliphatic hydroxyl groups is 1. The maximum Gasteiger partial charge on any atom is 0.415 e. The van der Waals surface area contributed by atoms with E-state index in [-0.39, 0.29) is 12.1 Å². The summed E-state index contributed by atoms with van der Waals surface area (Å²) in [6.45, 7) is -0.511. The Morgan fingerprint density at radius 2 is 2.06 bits per heavy atom. The zero-order valence-electron chi connectivity index (χ0n) is 9.02. The third kappa shape index (κ3) is 2.26. The lowest BCUT2D eigenvalue weighted by Gasteiger charge is -2.26. The van der Waals surface area contributed by atoms with Crippen molar-refractivity contribution >= 4 is 5.97 Å². The van der Waals surface area contributed by atoms with Gasteiger partial charge in [-0.25, -0.2) is 0 Å². The topological polar surface area (TPSA) is 60.8 Å². The Hall–Kier alpha value is -0.820. The molecule has 0 aromatic heterocycles. The van der Waals surface area contributed by atoms with Gasteiger partial charge in [-0.1, -0.05) is 0 Å². The number of rotatable bonds is 3. The fourth-order valence-electron chi connectivity index (χ4n) is 2.95. The summed E-state index contributed by atoms with van der Waals surface area (Å²) in [7, 11) is 0. The van der Waals surface area contributed by atoms with Gasteiger partial charge in [-0.05, 0) is 19.3 Å². The number of carboxylic acid groups (broad SMARTS) is 1. The highest BCUT2D eigenvalue weighted by atomic mass is 19.4. The average molecular weight is 253 g/mol. The highest BCUT2D eigenvalue weighted by molar-refractivity contribution is 5.71. The molecule has 2 aliphatic heterocycles. The number of fused-ring (bicyclic) bond motifs is 2. The zero-order chi connectivity index (χ0) is 12.8. The Kier molecular flexibility index (Phi) is 3.07. The monoisotopic (exact) mass is 253 g/mol. The lowest BCUT2D eigenvalue weighted by atomic mass is 9.89. The van der Waals surface area contributed by atoms with E-state index < -0.39 is 30.7 Å². The van der Waals surface area contributed by atoms with Crippen molar-refractivity contribution in [3.8, 4) is 0 Å². The molecule has 0 spiro atoms. The van der Waals surface area contributed by atoms with E-state index in [1.165, 1.54) is 4.90 Å². The summed E-state index contributed by atoms with van der Waals surface area (Å²) < 4.78 is 36.7. The molecule has 0 radical (unpaired) electrons. The summed E-state index contributed by atoms with van der Waals surface area (Å²) in [6.07, 6.45) is -5.31. The molecule has 2 N–H and O–H groups in total. The highest BCUT2D eigenvalue weighted by Crippen LogP contribution is 2.42. The Morgan fingerprint density at radius 3 is 2.53 bits per heavy atom. The summed E-state index contributed by atoms with van der Waals surface area (Å²) in [5.74, 6) is -1.54. The normalized spacial score (nSPS) is 35.2. The minimum Gasteiger partial charge on any atom is -0.481 e. The minimum atomic E-state index is -4.64. The van der Waals surface area contributed by atoms with Crippen molar-refractivity contribution in [3.63, 3.8) is 0 Å². The fraction of sp³-hybridized carbons (Fsp3) is 0.900. The molecule has 98 valence electrons. The second-order valence-corrected chi connectivity index (χ2v) is 4.73. The predicted molar refractivity (Wildman–Crippen MR) is 51.3 cm³/mol. The molecule has 4 unspecified atom stereocenters. The number of nitrogens with zero attached hydrogens (tertiary/aromatic N) is 1. The van der Waals surface area contributed by atoms with Crippen molar-refractivity contribution in [2.75, 3.05) is 6.54 Å². The van der Waals surface area contributed by atoms with Crippen LogP contribution in [0, 0.1) is 5.92 Å². The molecule has 0 saturated carbocycles. The van der Waals surface area contributed by atoms with Crippen molar-refractivity contribution in [1.82, 2.24) is 4.90 Å². The fourth-order valence-corrected chi connectivity index (χ4v) is 2.95. The minimum absolute atomic E-state index is 0.127. The average Bonchev–Trinajstić information content (AvgIpc) is 2.74. The van der Waals surface area contributed by atoms with Crippen LogP contribution in [0.5, 0.6) is 0 Å². The Bertz CT molecular complexity index is 320. The quantitative estimate of drug-likeness (QED) is 0.782. The number of carbonyl (C=O) groups is 1. The standard InChI is InChI=1S/C10H14F3NO3/c11-10(12,13)8(15)4-14-5-1-2-7(14)6(3-5)9(16)17/h5-8,15H,1-4H2,(H,16,17). The molecule has 2 heterocycles. The summed E-state index contributed by atoms with van der Waals surface area (Å²) >= 11 is 0. The molecule has 17 heavy (non-hydrogen) atoms. The van der Waals surface area contributed by atoms with Crippen LogP contribution in [-0.4, -0.2) is 52.0 Å². The van der Waals surface area contributed by atoms with Gasteiger partial charge in [-0.2, -0.15) is 13.2 Å². The van der Waals surface area contributed by atoms with E-state index in [4.69, 9.17) is 10.2 Å². The first-order valence-electron chi connectivity index (χ1n) is 5.54. The van der Waals surface area contributed by atoms with Crippen LogP contribution in [0.15, 0.2) is 0 Å². The third-order valence-electron chi connectivity index (χ3n) is 3.76. The number of aliphatic carboxylic acids is 1. The van der Waals surface area contributed by atoms with E-state index in [9.17, 15) is 18.0 Å². The maximum absolute atomic E-state index is 12.2. The smallest absolute Gasteiger partial charge is 0.415 e. The number of alkyl halides is 3. The Labute approximate surface area is 96.0 Å². The number of halogens is 3. The van der Waals surface area contributed by atoms with E-state index in [1.54, 1.807) is 0 Å². The van der Waals surface area contributed by atoms with Crippen molar-refractivity contribution in [3.05, 3.63) is 0 Å². The first-order chi connectivity index (χ1) is 7.80. The van der Waals surface area contributed by atoms with Gasteiger partial charge in [0.2, 0.25) is 0 Å². The van der Waals surface area contributed by atoms with E-state index in [0.29, 0.717) is 12.8 Å². The van der Waals surface area contributed by atoms with Gasteiger partial charge in [-0.15, -0.1) is 0 Å². The van der Waals surface area contributed by atoms with Gasteiger partial charge in [-0.3, -0.25) is 9.69 Å². The van der Waals surface area contributed by atoms with Crippen LogP contribution in [0.3, 0.4) is 0 Å². The number of hydrogen-bond donors (Lipinski definition) is 2. The molecule has 4 atom stereocenters. The summed E-state index contributed by atoms with van der Waals surface area (Å²) in [6, 6.07) is -0.479. The van der Waals surface area contributed by atoms with Crippen LogP contribution in [0.1, 0.15) is 19.3 Å². The molecule has 2 aliphatic rings. The Morgan fingerprint density at radius 1 is 1.41 bits per heavy atom. The van der Waals surface area contributed by atoms with Crippen molar-refractivity contribution in [2.45, 2.75) is 43.6 Å². The van der Waals surface area contributed by atoms with Gasteiger partial charge in [0.15, 0.2) is 6.10 Å². The number of hydrogen-bond acceptors (Lipinski definition) is 3. The molecule has 2 rings (SSSR count). The molecule has 7 heteroatoms. The lowest BCUT2D eigenvalue weighted by Crippen LogP contribution is -2.44. The first-order valence-corrected chi connectivity index (χ1v) is 5.54. The van der Waals surface area contributed by atoms with Gasteiger partial charge in [0.25, 0.3) is 0 Å². The van der Waals surface area contributed by atoms with Crippen molar-refractivity contribution < 1.29 is 28.2 Å². The molecule has 4 nitrogen and oxygen atoms in total. The number of carboxylic acids is 1. The van der Waals surface area contributed by atoms with Crippen LogP contribution < -0.4 is 0 Å². The molecule has 2 bridgehead atoms. The van der Waals surface area contributed by atoms with Gasteiger partial charge >= 0.3 is 12.1 Å². The summed E-state index contributed by atoms with van der Waals surface area (Å²) in [4.78, 5) is 12.4. The van der Waals surface area contributed by atoms with E-state index in [0.717, 1.165) is 6.42 Å². The van der Waals surface area contributed by atoms with Crippen LogP contribution in [0.25, 0.3) is 0 Å². The molecule has 0 aromatic rings. The summed E-state index contributed by atoms with van der Waals surface area (Å²) in [5, 5.41) is 18.0. The molecular formula is C10H14F3NO3. The van der Waals surface area contributed by atoms with Gasteiger partial charge in [0.1, 0.15) is 0 Å². The van der Waals surface area contributed by atoms with Crippen LogP contribution in [0.4, 0.5) is 13.2 Å². The molecule has 2 saturated heterocycles. The van der Waals surface area contributed by atoms with Crippen molar-refractivity contribution in [1.29, 1.82) is 0 Å². The van der Waals surface area contributed by atoms with Crippen LogP contribution in [0.2, 0.25) is 0 Å². The predicted octanol–water partition coefficient (Wildman–Crippen LogP) is 0.847. The van der Waals surface area contributed by atoms with Crippen LogP contribution in [-0.2, 0) is 4.79 Å². The molecular weight excluding hydrogens is 239 g/mol. The molecule has 2 fully saturated rings. The molecule has 0 amide bonds. The SMILES string of the molecule is O=C(O)C1CC2CCC1N2CC(O)C(F)(F)F. The van der Waals surface area contributed by atoms with Crippen molar-refractivity contribution in [2.24, 2.45) is 5.92 Å². The van der Waals surface area contributed by atoms with Gasteiger partial charge < -0.3 is 10.2 Å². The molecule has 0 aromatic carbocycles. The van der Waals surface area contributed by atoms with Gasteiger partial charge in [0, 0.05) is 18.6 Å². The van der Waals surface area contributed by atoms with E-state index in [2.05, 4.69) is 0 Å². The molecule has 0 aliphatic carbocycles. The summed E-state index contributed by atoms with van der Waals surface area (Å²) in [5.41, 5.74) is 0. The third-order valence-corrected chi connectivity index (χ3v) is 3.76. The highest BCUT2D eigenvalue weighted by Gasteiger charge is 2.51. The largest absolute Gasteiger partial charge is 0.481 e. The zero-order valence-corrected chi connectivity index (χ0v) is 9.02. The Balaban J connectivity index is 2.02. The number of aliphatic hydroxyl groups excluding tert-OH is 1. The van der Waals surface area contributed by atoms with E-state index >= 15 is 0 Å². The second-order valence-electron chi connectivity index (χ2n) is 4.73. The van der Waals surface area contributed by atoms with Crippen LogP contribution >= 0.6 is 0 Å². The maximum atomic E-state index is 12.2. The van der Waals surface area contributed by atoms with Gasteiger partial charge in [0.05, 0.1) is 5.92 Å². The second kappa shape index (κ2) is 4.13. The lowest BCUT2D eigenvalue weighted by molar-refractivity contribution is -0.209. The first kappa shape index (κ1) is 12.6.